The van der Waals surface area contributed by atoms with Crippen molar-refractivity contribution in [3.8, 4) is 17.1 Å². The van der Waals surface area contributed by atoms with Gasteiger partial charge in [0.15, 0.2) is 5.82 Å². The molecular weight excluding hydrogens is 452 g/mol. The van der Waals surface area contributed by atoms with Crippen molar-refractivity contribution in [2.75, 3.05) is 17.7 Å². The number of ether oxygens (including phenoxy) is 1. The molecule has 1 atom stereocenters. The summed E-state index contributed by atoms with van der Waals surface area (Å²) in [6.07, 6.45) is 1.69. The number of benzene rings is 2. The number of hydrogen-bond donors (Lipinski definition) is 2. The first-order chi connectivity index (χ1) is 16.6. The van der Waals surface area contributed by atoms with E-state index in [0.717, 1.165) is 0 Å². The predicted molar refractivity (Wildman–Crippen MR) is 131 cm³/mol. The summed E-state index contributed by atoms with van der Waals surface area (Å²) in [6, 6.07) is 19.6. The van der Waals surface area contributed by atoms with Gasteiger partial charge in [0.25, 0.3) is 5.91 Å². The number of para-hydroxylation sites is 2. The monoisotopic (exact) mass is 472 g/mol. The predicted octanol–water partition coefficient (Wildman–Crippen LogP) is 4.93. The molecule has 3 heterocycles. The fourth-order valence-corrected chi connectivity index (χ4v) is 4.17. The van der Waals surface area contributed by atoms with Crippen molar-refractivity contribution in [1.82, 2.24) is 19.7 Å². The van der Waals surface area contributed by atoms with Crippen LogP contribution >= 0.6 is 11.6 Å². The van der Waals surface area contributed by atoms with Gasteiger partial charge in [0.2, 0.25) is 5.95 Å². The normalized spacial score (nSPS) is 14.9. The summed E-state index contributed by atoms with van der Waals surface area (Å²) in [5.41, 5.74) is 3.04. The molecule has 4 aromatic rings. The highest BCUT2D eigenvalue weighted by atomic mass is 35.5. The average Bonchev–Trinajstić information content (AvgIpc) is 3.27. The molecule has 9 heteroatoms. The van der Waals surface area contributed by atoms with E-state index in [2.05, 4.69) is 20.6 Å². The Balaban J connectivity index is 1.60. The maximum absolute atomic E-state index is 13.6. The number of fused-ring (bicyclic) bond motifs is 1. The molecule has 1 amide bonds. The van der Waals surface area contributed by atoms with E-state index in [-0.39, 0.29) is 5.91 Å². The molecule has 2 N–H and O–H groups in total. The Hall–Kier alpha value is -4.17. The van der Waals surface area contributed by atoms with Crippen LogP contribution in [0.25, 0.3) is 11.4 Å². The van der Waals surface area contributed by atoms with Crippen LogP contribution in [0.4, 0.5) is 11.6 Å². The quantitative estimate of drug-likeness (QED) is 0.427. The highest BCUT2D eigenvalue weighted by Crippen LogP contribution is 2.37. The Kier molecular flexibility index (Phi) is 5.73. The molecule has 0 aliphatic carbocycles. The Morgan fingerprint density at radius 2 is 1.85 bits per heavy atom. The van der Waals surface area contributed by atoms with E-state index in [1.54, 1.807) is 36.2 Å². The Labute approximate surface area is 201 Å². The van der Waals surface area contributed by atoms with E-state index < -0.39 is 6.04 Å². The second kappa shape index (κ2) is 8.99. The largest absolute Gasteiger partial charge is 0.495 e. The minimum atomic E-state index is -0.601. The van der Waals surface area contributed by atoms with E-state index in [1.807, 2.05) is 55.5 Å². The highest BCUT2D eigenvalue weighted by molar-refractivity contribution is 6.33. The van der Waals surface area contributed by atoms with Crippen LogP contribution in [0.1, 0.15) is 18.7 Å². The standard InChI is InChI=1S/C25H21ClN6O2/c1-15-21(24(33)29-18-11-5-6-13-20(18)34-2)22(19-12-7-8-14-27-19)32-25(28-15)30-23(31-32)16-9-3-4-10-17(16)26/h3-14,22H,1-2H3,(H,29,33)(H,28,30,31). The number of nitrogens with one attached hydrogen (secondary N) is 2. The summed E-state index contributed by atoms with van der Waals surface area (Å²) in [7, 11) is 1.56. The smallest absolute Gasteiger partial charge is 0.256 e. The Bertz CT molecular complexity index is 1400. The van der Waals surface area contributed by atoms with Crippen LogP contribution in [0, 0.1) is 0 Å². The molecule has 1 unspecified atom stereocenters. The molecule has 34 heavy (non-hydrogen) atoms. The number of aromatic nitrogens is 4. The lowest BCUT2D eigenvalue weighted by atomic mass is 9.98. The number of halogens is 1. The second-order valence-corrected chi connectivity index (χ2v) is 8.07. The molecular formula is C25H21ClN6O2. The van der Waals surface area contributed by atoms with Gasteiger partial charge in [-0.05, 0) is 43.3 Å². The second-order valence-electron chi connectivity index (χ2n) is 7.66. The molecule has 0 fully saturated rings. The highest BCUT2D eigenvalue weighted by Gasteiger charge is 2.35. The van der Waals surface area contributed by atoms with Crippen LogP contribution < -0.4 is 15.4 Å². The number of methoxy groups -OCH3 is 1. The molecule has 1 aliphatic rings. The molecule has 170 valence electrons. The Morgan fingerprint density at radius 1 is 1.09 bits per heavy atom. The average molecular weight is 473 g/mol. The number of anilines is 2. The summed E-state index contributed by atoms with van der Waals surface area (Å²) in [4.78, 5) is 22.8. The van der Waals surface area contributed by atoms with E-state index >= 15 is 0 Å². The molecule has 2 aromatic heterocycles. The zero-order valence-electron chi connectivity index (χ0n) is 18.5. The van der Waals surface area contributed by atoms with Crippen LogP contribution in [-0.4, -0.2) is 32.8 Å². The minimum absolute atomic E-state index is 0.300. The molecule has 0 saturated heterocycles. The molecule has 5 rings (SSSR count). The molecule has 8 nitrogen and oxygen atoms in total. The number of allylic oxidation sites excluding steroid dienone is 1. The van der Waals surface area contributed by atoms with E-state index in [1.165, 1.54) is 0 Å². The van der Waals surface area contributed by atoms with Gasteiger partial charge in [0.05, 0.1) is 29.1 Å². The van der Waals surface area contributed by atoms with Crippen molar-refractivity contribution in [2.45, 2.75) is 13.0 Å². The van der Waals surface area contributed by atoms with Gasteiger partial charge in [-0.15, -0.1) is 5.10 Å². The van der Waals surface area contributed by atoms with Crippen LogP contribution in [0.5, 0.6) is 5.75 Å². The number of hydrogen-bond acceptors (Lipinski definition) is 6. The summed E-state index contributed by atoms with van der Waals surface area (Å²) in [6.45, 7) is 1.83. The third-order valence-electron chi connectivity index (χ3n) is 5.54. The number of pyridine rings is 1. The van der Waals surface area contributed by atoms with Crippen molar-refractivity contribution in [3.63, 3.8) is 0 Å². The van der Waals surface area contributed by atoms with Crippen LogP contribution in [0.3, 0.4) is 0 Å². The zero-order valence-corrected chi connectivity index (χ0v) is 19.2. The third-order valence-corrected chi connectivity index (χ3v) is 5.86. The van der Waals surface area contributed by atoms with Gasteiger partial charge >= 0.3 is 0 Å². The SMILES string of the molecule is COc1ccccc1NC(=O)C1=C(C)Nc2nc(-c3ccccc3Cl)nn2C1c1ccccn1. The molecule has 0 spiro atoms. The number of nitrogens with zero attached hydrogens (tertiary/aromatic N) is 4. The summed E-state index contributed by atoms with van der Waals surface area (Å²) in [5.74, 6) is 1.21. The lowest BCUT2D eigenvalue weighted by molar-refractivity contribution is -0.113. The van der Waals surface area contributed by atoms with Crippen molar-refractivity contribution in [1.29, 1.82) is 0 Å². The third kappa shape index (κ3) is 3.88. The van der Waals surface area contributed by atoms with Gasteiger partial charge in [0, 0.05) is 17.5 Å². The van der Waals surface area contributed by atoms with Crippen molar-refractivity contribution in [3.05, 3.63) is 94.9 Å². The Morgan fingerprint density at radius 3 is 2.62 bits per heavy atom. The number of carbonyl (C=O) groups excluding carboxylic acids is 1. The summed E-state index contributed by atoms with van der Waals surface area (Å²) >= 11 is 6.39. The zero-order chi connectivity index (χ0) is 23.7. The van der Waals surface area contributed by atoms with Crippen molar-refractivity contribution >= 4 is 29.1 Å². The van der Waals surface area contributed by atoms with Gasteiger partial charge in [0.1, 0.15) is 11.8 Å². The fourth-order valence-electron chi connectivity index (χ4n) is 3.95. The van der Waals surface area contributed by atoms with Gasteiger partial charge in [-0.2, -0.15) is 4.98 Å². The van der Waals surface area contributed by atoms with Gasteiger partial charge in [-0.3, -0.25) is 9.78 Å². The maximum atomic E-state index is 13.6. The van der Waals surface area contributed by atoms with E-state index in [9.17, 15) is 4.79 Å². The number of rotatable bonds is 5. The maximum Gasteiger partial charge on any atom is 0.256 e. The minimum Gasteiger partial charge on any atom is -0.495 e. The van der Waals surface area contributed by atoms with Crippen LogP contribution in [0.2, 0.25) is 5.02 Å². The lowest BCUT2D eigenvalue weighted by Gasteiger charge is -2.28. The van der Waals surface area contributed by atoms with Crippen molar-refractivity contribution < 1.29 is 9.53 Å². The topological polar surface area (TPSA) is 94.0 Å². The van der Waals surface area contributed by atoms with E-state index in [0.29, 0.717) is 50.8 Å². The first-order valence-corrected chi connectivity index (χ1v) is 11.0. The number of carbonyl (C=O) groups is 1. The van der Waals surface area contributed by atoms with Gasteiger partial charge in [-0.25, -0.2) is 4.68 Å². The molecule has 2 aromatic carbocycles. The lowest BCUT2D eigenvalue weighted by Crippen LogP contribution is -2.32. The summed E-state index contributed by atoms with van der Waals surface area (Å²) in [5, 5.41) is 11.5. The van der Waals surface area contributed by atoms with Crippen molar-refractivity contribution in [2.24, 2.45) is 0 Å². The van der Waals surface area contributed by atoms with Gasteiger partial charge in [-0.1, -0.05) is 41.9 Å². The van der Waals surface area contributed by atoms with Crippen LogP contribution in [-0.2, 0) is 4.79 Å². The first-order valence-electron chi connectivity index (χ1n) is 10.6. The fraction of sp³-hybridized carbons (Fsp3) is 0.120. The summed E-state index contributed by atoms with van der Waals surface area (Å²) < 4.78 is 7.06. The van der Waals surface area contributed by atoms with Crippen LogP contribution in [0.15, 0.2) is 84.2 Å². The number of amides is 1. The van der Waals surface area contributed by atoms with Gasteiger partial charge < -0.3 is 15.4 Å². The molecule has 0 radical (unpaired) electrons. The first kappa shape index (κ1) is 21.7. The molecule has 0 bridgehead atoms. The molecule has 1 aliphatic heterocycles. The van der Waals surface area contributed by atoms with E-state index in [4.69, 9.17) is 21.4 Å². The molecule has 0 saturated carbocycles.